The smallest absolute Gasteiger partial charge is 0.239 e. The molecule has 0 aliphatic carbocycles. The Labute approximate surface area is 96.2 Å². The standard InChI is InChI=1S/C10H20N6/c1-8(5-7-16(2)3)13-9-4-6-12-10(14-9)15-11/h4,6,8H,5,7,11H2,1-3H3,(H2,12,13,14,15). The van der Waals surface area contributed by atoms with Gasteiger partial charge in [0.1, 0.15) is 5.82 Å². The van der Waals surface area contributed by atoms with Crippen molar-refractivity contribution in [1.29, 1.82) is 0 Å². The largest absolute Gasteiger partial charge is 0.367 e. The van der Waals surface area contributed by atoms with Gasteiger partial charge >= 0.3 is 0 Å². The molecule has 0 saturated carbocycles. The maximum Gasteiger partial charge on any atom is 0.239 e. The van der Waals surface area contributed by atoms with Crippen molar-refractivity contribution in [2.75, 3.05) is 31.4 Å². The lowest BCUT2D eigenvalue weighted by atomic mass is 10.2. The molecular weight excluding hydrogens is 204 g/mol. The van der Waals surface area contributed by atoms with Crippen LogP contribution in [0.3, 0.4) is 0 Å². The Hall–Kier alpha value is -1.40. The summed E-state index contributed by atoms with van der Waals surface area (Å²) < 4.78 is 0. The third kappa shape index (κ3) is 4.41. The highest BCUT2D eigenvalue weighted by atomic mass is 15.3. The fourth-order valence-corrected chi connectivity index (χ4v) is 1.29. The topological polar surface area (TPSA) is 79.1 Å². The molecule has 6 heteroatoms. The Kier molecular flexibility index (Phi) is 4.94. The highest BCUT2D eigenvalue weighted by Gasteiger charge is 2.04. The summed E-state index contributed by atoms with van der Waals surface area (Å²) in [6.07, 6.45) is 2.73. The van der Waals surface area contributed by atoms with Crippen molar-refractivity contribution in [2.45, 2.75) is 19.4 Å². The van der Waals surface area contributed by atoms with Crippen LogP contribution in [-0.4, -0.2) is 41.5 Å². The van der Waals surface area contributed by atoms with Gasteiger partial charge in [-0.3, -0.25) is 5.43 Å². The van der Waals surface area contributed by atoms with Crippen molar-refractivity contribution in [2.24, 2.45) is 5.84 Å². The van der Waals surface area contributed by atoms with Crippen LogP contribution in [0.25, 0.3) is 0 Å². The van der Waals surface area contributed by atoms with E-state index in [1.165, 1.54) is 0 Å². The molecular formula is C10H20N6. The fourth-order valence-electron chi connectivity index (χ4n) is 1.29. The molecule has 90 valence electrons. The van der Waals surface area contributed by atoms with Gasteiger partial charge in [0.2, 0.25) is 5.95 Å². The maximum atomic E-state index is 5.24. The van der Waals surface area contributed by atoms with Crippen LogP contribution in [0.15, 0.2) is 12.3 Å². The molecule has 0 amide bonds. The number of hydrogen-bond acceptors (Lipinski definition) is 6. The molecule has 6 nitrogen and oxygen atoms in total. The lowest BCUT2D eigenvalue weighted by molar-refractivity contribution is 0.390. The number of nitrogen functional groups attached to an aromatic ring is 1. The van der Waals surface area contributed by atoms with E-state index in [0.717, 1.165) is 18.8 Å². The van der Waals surface area contributed by atoms with Gasteiger partial charge in [-0.15, -0.1) is 0 Å². The van der Waals surface area contributed by atoms with Gasteiger partial charge < -0.3 is 10.2 Å². The van der Waals surface area contributed by atoms with Crippen LogP contribution in [0.5, 0.6) is 0 Å². The zero-order chi connectivity index (χ0) is 12.0. The molecule has 0 bridgehead atoms. The Balaban J connectivity index is 2.45. The van der Waals surface area contributed by atoms with E-state index in [-0.39, 0.29) is 0 Å². The van der Waals surface area contributed by atoms with Gasteiger partial charge in [0.05, 0.1) is 0 Å². The minimum absolute atomic E-state index is 0.364. The Bertz CT molecular complexity index is 314. The summed E-state index contributed by atoms with van der Waals surface area (Å²) in [6.45, 7) is 3.17. The summed E-state index contributed by atoms with van der Waals surface area (Å²) in [5, 5.41) is 3.30. The van der Waals surface area contributed by atoms with Crippen molar-refractivity contribution in [1.82, 2.24) is 14.9 Å². The average molecular weight is 224 g/mol. The molecule has 1 atom stereocenters. The lowest BCUT2D eigenvalue weighted by Gasteiger charge is -2.17. The summed E-state index contributed by atoms with van der Waals surface area (Å²) in [6, 6.07) is 2.19. The molecule has 4 N–H and O–H groups in total. The van der Waals surface area contributed by atoms with Crippen molar-refractivity contribution in [3.63, 3.8) is 0 Å². The Morgan fingerprint density at radius 3 is 2.88 bits per heavy atom. The van der Waals surface area contributed by atoms with E-state index in [4.69, 9.17) is 5.84 Å². The van der Waals surface area contributed by atoms with E-state index in [1.54, 1.807) is 6.20 Å². The molecule has 0 aliphatic rings. The van der Waals surface area contributed by atoms with Gasteiger partial charge in [0.25, 0.3) is 0 Å². The normalized spacial score (nSPS) is 12.6. The molecule has 16 heavy (non-hydrogen) atoms. The zero-order valence-corrected chi connectivity index (χ0v) is 10.1. The summed E-state index contributed by atoms with van der Waals surface area (Å²) >= 11 is 0. The molecule has 0 aliphatic heterocycles. The van der Waals surface area contributed by atoms with E-state index in [9.17, 15) is 0 Å². The second-order valence-electron chi connectivity index (χ2n) is 4.05. The van der Waals surface area contributed by atoms with Gasteiger partial charge in [0.15, 0.2) is 0 Å². The van der Waals surface area contributed by atoms with Crippen molar-refractivity contribution in [3.05, 3.63) is 12.3 Å². The quantitative estimate of drug-likeness (QED) is 0.483. The van der Waals surface area contributed by atoms with E-state index >= 15 is 0 Å². The zero-order valence-electron chi connectivity index (χ0n) is 10.1. The molecule has 0 spiro atoms. The van der Waals surface area contributed by atoms with Crippen LogP contribution in [0.2, 0.25) is 0 Å². The van der Waals surface area contributed by atoms with Crippen LogP contribution in [0, 0.1) is 0 Å². The van der Waals surface area contributed by atoms with Crippen molar-refractivity contribution in [3.8, 4) is 0 Å². The van der Waals surface area contributed by atoms with Crippen LogP contribution < -0.4 is 16.6 Å². The van der Waals surface area contributed by atoms with Gasteiger partial charge in [-0.05, 0) is 40.1 Å². The predicted molar refractivity (Wildman–Crippen MR) is 66.1 cm³/mol. The van der Waals surface area contributed by atoms with E-state index in [2.05, 4.69) is 46.6 Å². The number of aromatic nitrogens is 2. The first-order valence-electron chi connectivity index (χ1n) is 5.32. The molecule has 1 heterocycles. The van der Waals surface area contributed by atoms with Crippen LogP contribution >= 0.6 is 0 Å². The number of nitrogens with two attached hydrogens (primary N) is 1. The number of rotatable bonds is 6. The number of hydrogen-bond donors (Lipinski definition) is 3. The number of nitrogens with one attached hydrogen (secondary N) is 2. The number of hydrazine groups is 1. The lowest BCUT2D eigenvalue weighted by Crippen LogP contribution is -2.23. The van der Waals surface area contributed by atoms with Crippen molar-refractivity contribution >= 4 is 11.8 Å². The van der Waals surface area contributed by atoms with Crippen LogP contribution in [0.4, 0.5) is 11.8 Å². The van der Waals surface area contributed by atoms with Gasteiger partial charge in [-0.1, -0.05) is 0 Å². The molecule has 0 aromatic carbocycles. The first-order valence-corrected chi connectivity index (χ1v) is 5.32. The monoisotopic (exact) mass is 224 g/mol. The van der Waals surface area contributed by atoms with Gasteiger partial charge in [0, 0.05) is 12.2 Å². The molecule has 1 unspecified atom stereocenters. The predicted octanol–water partition coefficient (Wildman–Crippen LogP) is 0.514. The second kappa shape index (κ2) is 6.24. The minimum atomic E-state index is 0.364. The van der Waals surface area contributed by atoms with E-state index in [1.807, 2.05) is 6.07 Å². The molecule has 0 saturated heterocycles. The van der Waals surface area contributed by atoms with E-state index < -0.39 is 0 Å². The third-order valence-electron chi connectivity index (χ3n) is 2.19. The Morgan fingerprint density at radius 1 is 1.50 bits per heavy atom. The van der Waals surface area contributed by atoms with E-state index in [0.29, 0.717) is 12.0 Å². The summed E-state index contributed by atoms with van der Waals surface area (Å²) in [5.41, 5.74) is 2.42. The van der Waals surface area contributed by atoms with Gasteiger partial charge in [-0.2, -0.15) is 4.98 Å². The molecule has 0 fully saturated rings. The highest BCUT2D eigenvalue weighted by Crippen LogP contribution is 2.07. The molecule has 1 aromatic rings. The van der Waals surface area contributed by atoms with Crippen LogP contribution in [-0.2, 0) is 0 Å². The van der Waals surface area contributed by atoms with Gasteiger partial charge in [-0.25, -0.2) is 10.8 Å². The molecule has 0 radical (unpaired) electrons. The maximum absolute atomic E-state index is 5.24. The third-order valence-corrected chi connectivity index (χ3v) is 2.19. The van der Waals surface area contributed by atoms with Crippen LogP contribution in [0.1, 0.15) is 13.3 Å². The number of nitrogens with zero attached hydrogens (tertiary/aromatic N) is 3. The SMILES string of the molecule is CC(CCN(C)C)Nc1ccnc(NN)n1. The fraction of sp³-hybridized carbons (Fsp3) is 0.600. The van der Waals surface area contributed by atoms with Crippen molar-refractivity contribution < 1.29 is 0 Å². The first-order chi connectivity index (χ1) is 7.61. The summed E-state index contributed by atoms with van der Waals surface area (Å²) in [7, 11) is 4.13. The summed E-state index contributed by atoms with van der Waals surface area (Å²) in [4.78, 5) is 10.3. The first kappa shape index (κ1) is 12.7. The average Bonchev–Trinajstić information content (AvgIpc) is 2.26. The summed E-state index contributed by atoms with van der Waals surface area (Å²) in [5.74, 6) is 6.45. The highest BCUT2D eigenvalue weighted by molar-refractivity contribution is 5.39. The second-order valence-corrected chi connectivity index (χ2v) is 4.05. The Morgan fingerprint density at radius 2 is 2.25 bits per heavy atom. The molecule has 1 aromatic heterocycles. The minimum Gasteiger partial charge on any atom is -0.367 e. The molecule has 1 rings (SSSR count). The number of anilines is 2.